The van der Waals surface area contributed by atoms with Gasteiger partial charge in [-0.1, -0.05) is 48.0 Å². The summed E-state index contributed by atoms with van der Waals surface area (Å²) in [7, 11) is 1.59. The van der Waals surface area contributed by atoms with Gasteiger partial charge in [0, 0.05) is 16.9 Å². The summed E-state index contributed by atoms with van der Waals surface area (Å²) in [6.07, 6.45) is 0. The minimum absolute atomic E-state index is 0.255. The SMILES string of the molecule is CCOc1ccc([C@H]2C(C(=O)Nc3ccccc3)=C(C)Nc3nc(-c4ccccc4Cl)nn32)cc1OC. The van der Waals surface area contributed by atoms with Gasteiger partial charge in [0.05, 0.1) is 24.3 Å². The molecule has 37 heavy (non-hydrogen) atoms. The molecule has 2 N–H and O–H groups in total. The van der Waals surface area contributed by atoms with E-state index in [1.165, 1.54) is 0 Å². The molecule has 0 saturated heterocycles. The van der Waals surface area contributed by atoms with Crippen LogP contribution in [0.15, 0.2) is 84.1 Å². The number of nitrogens with zero attached hydrogens (tertiary/aromatic N) is 3. The van der Waals surface area contributed by atoms with Gasteiger partial charge >= 0.3 is 0 Å². The minimum Gasteiger partial charge on any atom is -0.493 e. The number of halogens is 1. The summed E-state index contributed by atoms with van der Waals surface area (Å²) in [4.78, 5) is 18.4. The van der Waals surface area contributed by atoms with Gasteiger partial charge in [-0.05, 0) is 55.8 Å². The molecule has 4 aromatic rings. The number of benzene rings is 3. The van der Waals surface area contributed by atoms with Gasteiger partial charge in [0.1, 0.15) is 6.04 Å². The molecule has 0 fully saturated rings. The van der Waals surface area contributed by atoms with Crippen LogP contribution in [0.1, 0.15) is 25.5 Å². The Morgan fingerprint density at radius 2 is 1.84 bits per heavy atom. The molecule has 1 amide bonds. The fourth-order valence-electron chi connectivity index (χ4n) is 4.36. The van der Waals surface area contributed by atoms with Gasteiger partial charge in [0.2, 0.25) is 5.95 Å². The molecule has 0 aliphatic carbocycles. The first-order chi connectivity index (χ1) is 18.0. The Balaban J connectivity index is 1.64. The zero-order chi connectivity index (χ0) is 25.9. The number of rotatable bonds is 7. The van der Waals surface area contributed by atoms with E-state index in [2.05, 4.69) is 10.6 Å². The first-order valence-corrected chi connectivity index (χ1v) is 12.2. The highest BCUT2D eigenvalue weighted by Gasteiger charge is 2.35. The Labute approximate surface area is 219 Å². The first-order valence-electron chi connectivity index (χ1n) is 11.9. The quantitative estimate of drug-likeness (QED) is 0.317. The van der Waals surface area contributed by atoms with Gasteiger partial charge < -0.3 is 20.1 Å². The predicted octanol–water partition coefficient (Wildman–Crippen LogP) is 5.93. The lowest BCUT2D eigenvalue weighted by atomic mass is 9.94. The zero-order valence-corrected chi connectivity index (χ0v) is 21.4. The van der Waals surface area contributed by atoms with Crippen molar-refractivity contribution in [3.05, 3.63) is 94.7 Å². The molecule has 0 unspecified atom stereocenters. The van der Waals surface area contributed by atoms with Gasteiger partial charge in [-0.2, -0.15) is 4.98 Å². The summed E-state index contributed by atoms with van der Waals surface area (Å²) in [5.41, 5.74) is 3.34. The fourth-order valence-corrected chi connectivity index (χ4v) is 4.58. The number of aromatic nitrogens is 3. The maximum absolute atomic E-state index is 13.7. The number of hydrogen-bond acceptors (Lipinski definition) is 6. The molecule has 1 aliphatic rings. The van der Waals surface area contributed by atoms with E-state index >= 15 is 0 Å². The van der Waals surface area contributed by atoms with Gasteiger partial charge in [0.15, 0.2) is 17.3 Å². The third-order valence-corrected chi connectivity index (χ3v) is 6.38. The number of ether oxygens (including phenoxy) is 2. The summed E-state index contributed by atoms with van der Waals surface area (Å²) in [5, 5.41) is 11.6. The van der Waals surface area contributed by atoms with Crippen LogP contribution in [0.4, 0.5) is 11.6 Å². The smallest absolute Gasteiger partial charge is 0.255 e. The normalized spacial score (nSPS) is 14.5. The van der Waals surface area contributed by atoms with E-state index in [4.69, 9.17) is 31.2 Å². The molecule has 3 aromatic carbocycles. The predicted molar refractivity (Wildman–Crippen MR) is 144 cm³/mol. The summed E-state index contributed by atoms with van der Waals surface area (Å²) >= 11 is 6.45. The lowest BCUT2D eigenvalue weighted by Crippen LogP contribution is -2.31. The average Bonchev–Trinajstić information content (AvgIpc) is 3.32. The summed E-state index contributed by atoms with van der Waals surface area (Å²) in [5.74, 6) is 1.88. The first kappa shape index (κ1) is 24.4. The molecule has 0 bridgehead atoms. The van der Waals surface area contributed by atoms with Crippen molar-refractivity contribution < 1.29 is 14.3 Å². The Morgan fingerprint density at radius 3 is 2.57 bits per heavy atom. The summed E-state index contributed by atoms with van der Waals surface area (Å²) in [6, 6.07) is 21.7. The van der Waals surface area contributed by atoms with Crippen LogP contribution < -0.4 is 20.1 Å². The monoisotopic (exact) mass is 515 g/mol. The molecule has 1 aromatic heterocycles. The maximum Gasteiger partial charge on any atom is 0.255 e. The minimum atomic E-state index is -0.590. The molecule has 0 spiro atoms. The Hall–Kier alpha value is -4.30. The fraction of sp³-hybridized carbons (Fsp3) is 0.179. The Kier molecular flexibility index (Phi) is 6.83. The van der Waals surface area contributed by atoms with Crippen molar-refractivity contribution in [2.75, 3.05) is 24.4 Å². The standard InChI is InChI=1S/C28H26ClN5O3/c1-4-37-22-15-14-18(16-23(22)36-3)25-24(27(35)31-19-10-6-5-7-11-19)17(2)30-28-32-26(33-34(25)28)20-12-8-9-13-21(20)29/h5-16,25H,4H2,1-3H3,(H,31,35)(H,30,32,33)/t25-/m0/s1. The van der Waals surface area contributed by atoms with Crippen molar-refractivity contribution >= 4 is 29.1 Å². The highest BCUT2D eigenvalue weighted by Crippen LogP contribution is 2.40. The van der Waals surface area contributed by atoms with Crippen LogP contribution in [0, 0.1) is 0 Å². The Morgan fingerprint density at radius 1 is 1.08 bits per heavy atom. The van der Waals surface area contributed by atoms with Crippen LogP contribution >= 0.6 is 11.6 Å². The van der Waals surface area contributed by atoms with Crippen molar-refractivity contribution in [2.24, 2.45) is 0 Å². The average molecular weight is 516 g/mol. The number of carbonyl (C=O) groups is 1. The van der Waals surface area contributed by atoms with Crippen molar-refractivity contribution in [3.8, 4) is 22.9 Å². The van der Waals surface area contributed by atoms with Crippen LogP contribution in [-0.2, 0) is 4.79 Å². The second-order valence-electron chi connectivity index (χ2n) is 8.41. The lowest BCUT2D eigenvalue weighted by molar-refractivity contribution is -0.113. The number of anilines is 2. The highest BCUT2D eigenvalue weighted by atomic mass is 35.5. The number of para-hydroxylation sites is 1. The number of nitrogens with one attached hydrogen (secondary N) is 2. The number of amides is 1. The van der Waals surface area contributed by atoms with E-state index in [0.29, 0.717) is 57.4 Å². The summed E-state index contributed by atoms with van der Waals surface area (Å²) < 4.78 is 13.0. The van der Waals surface area contributed by atoms with E-state index in [0.717, 1.165) is 5.56 Å². The van der Waals surface area contributed by atoms with Crippen LogP contribution in [0.5, 0.6) is 11.5 Å². The molecule has 2 heterocycles. The zero-order valence-electron chi connectivity index (χ0n) is 20.7. The second kappa shape index (κ2) is 10.4. The van der Waals surface area contributed by atoms with Crippen LogP contribution in [0.25, 0.3) is 11.4 Å². The molecule has 9 heteroatoms. The van der Waals surface area contributed by atoms with Gasteiger partial charge in [-0.15, -0.1) is 5.10 Å². The molecule has 8 nitrogen and oxygen atoms in total. The van der Waals surface area contributed by atoms with Gasteiger partial charge in [-0.25, -0.2) is 4.68 Å². The van der Waals surface area contributed by atoms with Gasteiger partial charge in [-0.3, -0.25) is 4.79 Å². The van der Waals surface area contributed by atoms with E-state index in [1.54, 1.807) is 17.9 Å². The number of carbonyl (C=O) groups excluding carboxylic acids is 1. The molecule has 1 aliphatic heterocycles. The van der Waals surface area contributed by atoms with E-state index in [9.17, 15) is 4.79 Å². The van der Waals surface area contributed by atoms with E-state index < -0.39 is 6.04 Å². The van der Waals surface area contributed by atoms with Crippen LogP contribution in [0.3, 0.4) is 0 Å². The highest BCUT2D eigenvalue weighted by molar-refractivity contribution is 6.33. The molecular formula is C28H26ClN5O3. The van der Waals surface area contributed by atoms with Crippen molar-refractivity contribution in [1.29, 1.82) is 0 Å². The number of methoxy groups -OCH3 is 1. The van der Waals surface area contributed by atoms with Crippen LogP contribution in [0.2, 0.25) is 5.02 Å². The summed E-state index contributed by atoms with van der Waals surface area (Å²) in [6.45, 7) is 4.27. The van der Waals surface area contributed by atoms with Crippen molar-refractivity contribution in [3.63, 3.8) is 0 Å². The molecule has 5 rings (SSSR count). The lowest BCUT2D eigenvalue weighted by Gasteiger charge is -2.29. The van der Waals surface area contributed by atoms with Gasteiger partial charge in [0.25, 0.3) is 5.91 Å². The topological polar surface area (TPSA) is 90.3 Å². The van der Waals surface area contributed by atoms with E-state index in [1.807, 2.05) is 80.6 Å². The van der Waals surface area contributed by atoms with Crippen molar-refractivity contribution in [1.82, 2.24) is 14.8 Å². The molecule has 188 valence electrons. The number of allylic oxidation sites excluding steroid dienone is 1. The largest absolute Gasteiger partial charge is 0.493 e. The Bertz CT molecular complexity index is 1480. The number of hydrogen-bond donors (Lipinski definition) is 2. The van der Waals surface area contributed by atoms with E-state index in [-0.39, 0.29) is 5.91 Å². The molecule has 0 radical (unpaired) electrons. The van der Waals surface area contributed by atoms with Crippen molar-refractivity contribution in [2.45, 2.75) is 19.9 Å². The molecular weight excluding hydrogens is 490 g/mol. The van der Waals surface area contributed by atoms with Crippen LogP contribution in [-0.4, -0.2) is 34.4 Å². The second-order valence-corrected chi connectivity index (χ2v) is 8.82. The maximum atomic E-state index is 13.7. The molecule has 0 saturated carbocycles. The third kappa shape index (κ3) is 4.75. The third-order valence-electron chi connectivity index (χ3n) is 6.05. The molecule has 1 atom stereocenters. The number of fused-ring (bicyclic) bond motifs is 1.